The number of hydrogen-bond acceptors (Lipinski definition) is 4. The minimum Gasteiger partial charge on any atom is -0.480 e. The van der Waals surface area contributed by atoms with Crippen LogP contribution in [0.4, 0.5) is 13.6 Å². The Balaban J connectivity index is 1.33. The highest BCUT2D eigenvalue weighted by Gasteiger charge is 2.50. The molecule has 0 spiro atoms. The third kappa shape index (κ3) is 4.67. The fourth-order valence-electron chi connectivity index (χ4n) is 4.57. The number of carbonyl (C=O) groups excluding carboxylic acids is 2. The number of hydrogen-bond donors (Lipinski definition) is 2. The molecule has 33 heavy (non-hydrogen) atoms. The third-order valence-corrected chi connectivity index (χ3v) is 6.06. The van der Waals surface area contributed by atoms with Gasteiger partial charge in [0, 0.05) is 24.8 Å². The number of benzene rings is 2. The average Bonchev–Trinajstić information content (AvgIpc) is 3.26. The maximum atomic E-state index is 13.6. The molecule has 1 unspecified atom stereocenters. The number of carboxylic acid groups (broad SMARTS) is 1. The lowest BCUT2D eigenvalue weighted by atomic mass is 9.98. The summed E-state index contributed by atoms with van der Waals surface area (Å²) < 4.78 is 32.7. The largest absolute Gasteiger partial charge is 0.480 e. The summed E-state index contributed by atoms with van der Waals surface area (Å²) in [6.07, 6.45) is -1.97. The molecule has 0 radical (unpaired) electrons. The van der Waals surface area contributed by atoms with Crippen LogP contribution in [0.15, 0.2) is 48.5 Å². The molecule has 1 aliphatic heterocycles. The van der Waals surface area contributed by atoms with Crippen molar-refractivity contribution in [2.24, 2.45) is 0 Å². The number of alkyl carbamates (subject to hydrolysis) is 1. The first-order chi connectivity index (χ1) is 15.7. The first kappa shape index (κ1) is 22.7. The smallest absolute Gasteiger partial charge is 0.407 e. The Bertz CT molecular complexity index is 1040. The molecule has 1 heterocycles. The molecule has 0 saturated carbocycles. The molecule has 4 rings (SSSR count). The minimum absolute atomic E-state index is 0.0972. The van der Waals surface area contributed by atoms with Gasteiger partial charge in [0.05, 0.1) is 6.54 Å². The first-order valence-electron chi connectivity index (χ1n) is 10.7. The number of fused-ring (bicyclic) bond motifs is 3. The number of nitrogens with one attached hydrogen (secondary N) is 1. The van der Waals surface area contributed by atoms with Crippen molar-refractivity contribution in [3.8, 4) is 11.1 Å². The van der Waals surface area contributed by atoms with Gasteiger partial charge in [-0.3, -0.25) is 4.79 Å². The highest BCUT2D eigenvalue weighted by Crippen LogP contribution is 2.44. The zero-order chi connectivity index (χ0) is 23.8. The van der Waals surface area contributed by atoms with E-state index in [2.05, 4.69) is 5.32 Å². The van der Waals surface area contributed by atoms with Gasteiger partial charge < -0.3 is 20.1 Å². The molecule has 9 heteroatoms. The third-order valence-electron chi connectivity index (χ3n) is 6.06. The van der Waals surface area contributed by atoms with E-state index in [0.717, 1.165) is 22.3 Å². The number of likely N-dealkylation sites (tertiary alicyclic amines) is 1. The molecule has 2 aromatic rings. The Labute approximate surface area is 189 Å². The van der Waals surface area contributed by atoms with Gasteiger partial charge in [-0.15, -0.1) is 0 Å². The quantitative estimate of drug-likeness (QED) is 0.689. The van der Waals surface area contributed by atoms with Gasteiger partial charge in [-0.1, -0.05) is 48.5 Å². The van der Waals surface area contributed by atoms with Crippen molar-refractivity contribution in [2.45, 2.75) is 43.7 Å². The van der Waals surface area contributed by atoms with Gasteiger partial charge in [-0.2, -0.15) is 0 Å². The Kier molecular flexibility index (Phi) is 6.05. The van der Waals surface area contributed by atoms with Crippen molar-refractivity contribution >= 4 is 18.0 Å². The number of carbonyl (C=O) groups is 3. The SMILES string of the molecule is C[C@H](CC(=O)N1CC(F)(F)CC1C(=O)O)NC(=O)OCC1c2ccccc2-c2ccccc21. The van der Waals surface area contributed by atoms with Gasteiger partial charge in [-0.05, 0) is 29.2 Å². The van der Waals surface area contributed by atoms with Crippen LogP contribution in [0.2, 0.25) is 0 Å². The van der Waals surface area contributed by atoms with E-state index >= 15 is 0 Å². The first-order valence-corrected chi connectivity index (χ1v) is 10.7. The summed E-state index contributed by atoms with van der Waals surface area (Å²) in [6, 6.07) is 13.5. The normalized spacial score (nSPS) is 19.5. The van der Waals surface area contributed by atoms with E-state index in [9.17, 15) is 23.2 Å². The molecule has 1 aliphatic carbocycles. The lowest BCUT2D eigenvalue weighted by Crippen LogP contribution is -2.44. The molecule has 2 atom stereocenters. The number of aliphatic carboxylic acids is 1. The monoisotopic (exact) mass is 458 g/mol. The lowest BCUT2D eigenvalue weighted by molar-refractivity contribution is -0.148. The number of nitrogens with zero attached hydrogens (tertiary/aromatic N) is 1. The van der Waals surface area contributed by atoms with Crippen molar-refractivity contribution < 1.29 is 33.0 Å². The second-order valence-corrected chi connectivity index (χ2v) is 8.51. The number of rotatable bonds is 6. The number of amides is 2. The van der Waals surface area contributed by atoms with Crippen LogP contribution in [0, 0.1) is 0 Å². The predicted molar refractivity (Wildman–Crippen MR) is 115 cm³/mol. The highest BCUT2D eigenvalue weighted by atomic mass is 19.3. The zero-order valence-corrected chi connectivity index (χ0v) is 18.0. The molecule has 7 nitrogen and oxygen atoms in total. The van der Waals surface area contributed by atoms with E-state index in [-0.39, 0.29) is 18.9 Å². The summed E-state index contributed by atoms with van der Waals surface area (Å²) in [5.41, 5.74) is 4.31. The van der Waals surface area contributed by atoms with E-state index in [1.807, 2.05) is 48.5 Å². The molecular formula is C24H24F2N2O5. The molecule has 2 aromatic carbocycles. The summed E-state index contributed by atoms with van der Waals surface area (Å²) in [5, 5.41) is 11.7. The average molecular weight is 458 g/mol. The molecule has 0 aromatic heterocycles. The van der Waals surface area contributed by atoms with Gasteiger partial charge in [-0.25, -0.2) is 18.4 Å². The molecule has 1 saturated heterocycles. The van der Waals surface area contributed by atoms with Crippen molar-refractivity contribution in [2.75, 3.05) is 13.2 Å². The van der Waals surface area contributed by atoms with Crippen LogP contribution in [0.3, 0.4) is 0 Å². The number of carboxylic acids is 1. The standard InChI is InChI=1S/C24H24F2N2O5/c1-14(10-21(29)28-13-24(25,26)11-20(28)22(30)31)27-23(32)33-12-19-17-8-4-2-6-15(17)16-7-3-5-9-18(16)19/h2-9,14,19-20H,10-13H2,1H3,(H,27,32)(H,30,31)/t14-,20?/m1/s1. The summed E-state index contributed by atoms with van der Waals surface area (Å²) >= 11 is 0. The van der Waals surface area contributed by atoms with Crippen LogP contribution in [-0.4, -0.2) is 59.1 Å². The van der Waals surface area contributed by atoms with Gasteiger partial charge in [0.2, 0.25) is 5.91 Å². The van der Waals surface area contributed by atoms with Gasteiger partial charge in [0.15, 0.2) is 0 Å². The fourth-order valence-corrected chi connectivity index (χ4v) is 4.57. The Morgan fingerprint density at radius 3 is 2.27 bits per heavy atom. The molecule has 2 amide bonds. The lowest BCUT2D eigenvalue weighted by Gasteiger charge is -2.23. The van der Waals surface area contributed by atoms with Crippen LogP contribution in [0.25, 0.3) is 11.1 Å². The van der Waals surface area contributed by atoms with E-state index in [0.29, 0.717) is 4.90 Å². The topological polar surface area (TPSA) is 95.9 Å². The van der Waals surface area contributed by atoms with Crippen LogP contribution >= 0.6 is 0 Å². The van der Waals surface area contributed by atoms with E-state index in [1.54, 1.807) is 0 Å². The van der Waals surface area contributed by atoms with Crippen LogP contribution in [0.5, 0.6) is 0 Å². The second-order valence-electron chi connectivity index (χ2n) is 8.51. The van der Waals surface area contributed by atoms with Crippen LogP contribution < -0.4 is 5.32 Å². The summed E-state index contributed by atoms with van der Waals surface area (Å²) in [5.74, 6) is -5.60. The van der Waals surface area contributed by atoms with Gasteiger partial charge >= 0.3 is 12.1 Å². The van der Waals surface area contributed by atoms with Crippen LogP contribution in [0.1, 0.15) is 36.8 Å². The van der Waals surface area contributed by atoms with Crippen LogP contribution in [-0.2, 0) is 14.3 Å². The fraction of sp³-hybridized carbons (Fsp3) is 0.375. The highest BCUT2D eigenvalue weighted by molar-refractivity contribution is 5.85. The Morgan fingerprint density at radius 1 is 1.12 bits per heavy atom. The predicted octanol–water partition coefficient (Wildman–Crippen LogP) is 3.62. The minimum atomic E-state index is -3.25. The second kappa shape index (κ2) is 8.80. The molecule has 2 N–H and O–H groups in total. The Morgan fingerprint density at radius 2 is 1.70 bits per heavy atom. The molecule has 2 aliphatic rings. The summed E-state index contributed by atoms with van der Waals surface area (Å²) in [6.45, 7) is 0.684. The summed E-state index contributed by atoms with van der Waals surface area (Å²) in [4.78, 5) is 36.7. The van der Waals surface area contributed by atoms with Gasteiger partial charge in [0.25, 0.3) is 5.92 Å². The zero-order valence-electron chi connectivity index (χ0n) is 18.0. The van der Waals surface area contributed by atoms with E-state index in [1.165, 1.54) is 6.92 Å². The van der Waals surface area contributed by atoms with Crippen molar-refractivity contribution in [3.63, 3.8) is 0 Å². The van der Waals surface area contributed by atoms with Crippen molar-refractivity contribution in [3.05, 3.63) is 59.7 Å². The molecule has 174 valence electrons. The number of ether oxygens (including phenoxy) is 1. The number of halogens is 2. The molecule has 0 bridgehead atoms. The Hall–Kier alpha value is -3.49. The molecule has 1 fully saturated rings. The number of alkyl halides is 2. The molecular weight excluding hydrogens is 434 g/mol. The van der Waals surface area contributed by atoms with E-state index in [4.69, 9.17) is 9.84 Å². The van der Waals surface area contributed by atoms with Gasteiger partial charge in [0.1, 0.15) is 12.6 Å². The van der Waals surface area contributed by atoms with Crippen molar-refractivity contribution in [1.82, 2.24) is 10.2 Å². The van der Waals surface area contributed by atoms with Crippen molar-refractivity contribution in [1.29, 1.82) is 0 Å². The maximum Gasteiger partial charge on any atom is 0.407 e. The summed E-state index contributed by atoms with van der Waals surface area (Å²) in [7, 11) is 0. The van der Waals surface area contributed by atoms with E-state index < -0.39 is 48.9 Å². The maximum absolute atomic E-state index is 13.6.